The molecule has 0 amide bonds. The third kappa shape index (κ3) is 13.2. The Bertz CT molecular complexity index is 3540. The number of anilines is 3. The van der Waals surface area contributed by atoms with Crippen LogP contribution in [0.25, 0.3) is 32.7 Å². The molecule has 0 saturated heterocycles. The fraction of sp³-hybridized carbons (Fsp3) is 0. The van der Waals surface area contributed by atoms with Crippen molar-refractivity contribution in [2.45, 2.75) is 0 Å². The normalized spacial score (nSPS) is 10.7. The molecule has 0 unspecified atom stereocenters. The molecule has 11 aromatic carbocycles. The summed E-state index contributed by atoms with van der Waals surface area (Å²) in [5, 5.41) is 3.27. The summed E-state index contributed by atoms with van der Waals surface area (Å²) in [6.07, 6.45) is 2.81. The minimum atomic E-state index is -1.22. The summed E-state index contributed by atoms with van der Waals surface area (Å²) in [4.78, 5) is 12.5. The van der Waals surface area contributed by atoms with Crippen LogP contribution in [0.15, 0.2) is 352 Å². The second kappa shape index (κ2) is 28.9. The summed E-state index contributed by atoms with van der Waals surface area (Å²) in [5.41, 5.74) is 32.7. The average Bonchev–Trinajstić information content (AvgIpc) is 2.72. The molecule has 0 bridgehead atoms. The molecule has 0 saturated carbocycles. The van der Waals surface area contributed by atoms with Crippen LogP contribution >= 0.6 is 0 Å². The van der Waals surface area contributed by atoms with E-state index in [-0.39, 0.29) is 17.1 Å². The molecule has 1 radical (unpaired) electrons. The van der Waals surface area contributed by atoms with E-state index in [9.17, 15) is 0 Å². The van der Waals surface area contributed by atoms with Crippen molar-refractivity contribution < 1.29 is 17.1 Å². The van der Waals surface area contributed by atoms with E-state index in [1.54, 1.807) is 18.6 Å². The quantitative estimate of drug-likeness (QED) is 0.103. The van der Waals surface area contributed by atoms with Crippen molar-refractivity contribution in [2.75, 3.05) is 17.2 Å². The van der Waals surface area contributed by atoms with Gasteiger partial charge in [-0.1, -0.05) is 297 Å². The van der Waals surface area contributed by atoms with Crippen molar-refractivity contribution in [1.29, 1.82) is 0 Å². The molecule has 14 rings (SSSR count). The molecule has 6 nitrogen and oxygen atoms in total. The molecule has 0 spiro atoms. The molecule has 0 fully saturated rings. The number of aromatic nitrogens is 3. The van der Waals surface area contributed by atoms with Gasteiger partial charge in [-0.3, -0.25) is 15.0 Å². The van der Waals surface area contributed by atoms with E-state index in [1.165, 1.54) is 43.7 Å². The molecule has 0 atom stereocenters. The van der Waals surface area contributed by atoms with Crippen molar-refractivity contribution in [1.82, 2.24) is 15.0 Å². The van der Waals surface area contributed by atoms with Gasteiger partial charge in [0.2, 0.25) is 0 Å². The summed E-state index contributed by atoms with van der Waals surface area (Å²) in [6.45, 7) is 0. The van der Waals surface area contributed by atoms with Crippen molar-refractivity contribution in [3.05, 3.63) is 352 Å². The minimum absolute atomic E-state index is 0. The van der Waals surface area contributed by atoms with Crippen LogP contribution in [0.5, 0.6) is 0 Å². The fourth-order valence-electron chi connectivity index (χ4n) is 11.6. The first-order valence-corrected chi connectivity index (χ1v) is 28.0. The van der Waals surface area contributed by atoms with Crippen molar-refractivity contribution in [3.63, 3.8) is 0 Å². The number of nitrogens with two attached hydrogens (primary N) is 3. The third-order valence-electron chi connectivity index (χ3n) is 15.4. The van der Waals surface area contributed by atoms with Gasteiger partial charge < -0.3 is 17.2 Å². The van der Waals surface area contributed by atoms with Crippen LogP contribution in [-0.2, 0) is 17.1 Å². The molecule has 405 valence electrons. The number of para-hydroxylation sites is 3. The molecule has 3 aromatic heterocycles. The number of pyridine rings is 3. The van der Waals surface area contributed by atoms with Gasteiger partial charge in [0, 0.05) is 34.7 Å². The van der Waals surface area contributed by atoms with Gasteiger partial charge >= 0.3 is 17.1 Å². The third-order valence-corrected chi connectivity index (χ3v) is 15.4. The van der Waals surface area contributed by atoms with Crippen molar-refractivity contribution in [3.8, 4) is 0 Å². The maximum absolute atomic E-state index is 5.69. The first-order chi connectivity index (χ1) is 41.0. The van der Waals surface area contributed by atoms with E-state index in [4.69, 9.17) is 17.2 Å². The Kier molecular flexibility index (Phi) is 20.1. The number of rotatable bonds is 8. The van der Waals surface area contributed by atoms with E-state index in [2.05, 4.69) is 258 Å². The van der Waals surface area contributed by atoms with Gasteiger partial charge in [0.05, 0.1) is 33.6 Å². The van der Waals surface area contributed by atoms with Crippen LogP contribution in [0.4, 0.5) is 17.1 Å². The van der Waals surface area contributed by atoms with E-state index < -0.39 is 12.3 Å². The van der Waals surface area contributed by atoms with Crippen molar-refractivity contribution >= 4 is 106 Å². The summed E-state index contributed by atoms with van der Waals surface area (Å²) in [7, 11) is 0. The Morgan fingerprint density at radius 3 is 0.524 bits per heavy atom. The molecule has 0 aliphatic heterocycles. The van der Waals surface area contributed by atoms with E-state index in [0.29, 0.717) is 0 Å². The first kappa shape index (κ1) is 58.4. The molecule has 0 aliphatic rings. The number of hydrogen-bond acceptors (Lipinski definition) is 6. The number of nitrogen functional groups attached to an aromatic ring is 3. The van der Waals surface area contributed by atoms with Gasteiger partial charge in [-0.2, -0.15) is 43.7 Å². The second-order valence-corrected chi connectivity index (χ2v) is 20.3. The summed E-state index contributed by atoms with van der Waals surface area (Å²) < 4.78 is 0. The Hall–Kier alpha value is -10.3. The molecule has 84 heavy (non-hydrogen) atoms. The zero-order valence-electron chi connectivity index (χ0n) is 46.6. The minimum Gasteiger partial charge on any atom is -0.397 e. The Morgan fingerprint density at radius 1 is 0.190 bits per heavy atom. The van der Waals surface area contributed by atoms with Crippen LogP contribution in [0.1, 0.15) is 0 Å². The van der Waals surface area contributed by atoms with Gasteiger partial charge in [0.1, 0.15) is 12.3 Å². The largest absolute Gasteiger partial charge is 5.00 e. The maximum Gasteiger partial charge on any atom is 5.00 e. The first-order valence-electron chi connectivity index (χ1n) is 28.0. The van der Waals surface area contributed by atoms with Gasteiger partial charge in [-0.05, 0) is 36.4 Å². The zero-order chi connectivity index (χ0) is 56.9. The summed E-state index contributed by atoms with van der Waals surface area (Å²) in [5.74, 6) is 0. The molecule has 6 N–H and O–H groups in total. The standard InChI is InChI=1S/2C24H20B.3C9H8N2.Fe/c2*1-5-13-21(14-6-1)25(22-15-7-2-8-16-22,23-17-9-3-10-18-23)24-19-11-4-12-20-24;3*10-8-5-1-3-7-4-2-6-11-9(7)8;/h2*1-20H;3*1-6H,10H2;/q2*-1;;;;+5. The van der Waals surface area contributed by atoms with Crippen LogP contribution in [0, 0.1) is 0 Å². The monoisotopic (exact) mass is 1130 g/mol. The molecule has 9 heteroatoms. The summed E-state index contributed by atoms with van der Waals surface area (Å²) in [6, 6.07) is 116. The van der Waals surface area contributed by atoms with E-state index in [0.717, 1.165) is 49.8 Å². The predicted octanol–water partition coefficient (Wildman–Crippen LogP) is 11.6. The number of benzene rings is 11. The SMILES string of the molecule is Nc1cccc2cccnc12.Nc1cccc2cccnc12.Nc1cccc2cccnc12.[Fe+5].c1ccc([B-](c2ccccc2)(c2ccccc2)c2ccccc2)cc1.c1ccc([B-](c2ccccc2)(c2ccccc2)c2ccccc2)cc1. The Balaban J connectivity index is 0.000000133. The van der Waals surface area contributed by atoms with Crippen LogP contribution in [0.3, 0.4) is 0 Å². The van der Waals surface area contributed by atoms with E-state index in [1.807, 2.05) is 91.0 Å². The molecule has 3 heterocycles. The molecule has 0 aliphatic carbocycles. The van der Waals surface area contributed by atoms with Gasteiger partial charge in [0.15, 0.2) is 0 Å². The van der Waals surface area contributed by atoms with Crippen LogP contribution in [-0.4, -0.2) is 27.2 Å². The molecule has 14 aromatic rings. The maximum atomic E-state index is 5.69. The van der Waals surface area contributed by atoms with E-state index >= 15 is 0 Å². The smallest absolute Gasteiger partial charge is 0.397 e. The van der Waals surface area contributed by atoms with Gasteiger partial charge in [0.25, 0.3) is 0 Å². The topological polar surface area (TPSA) is 117 Å². The summed E-state index contributed by atoms with van der Waals surface area (Å²) >= 11 is 0. The number of nitrogens with zero attached hydrogens (tertiary/aromatic N) is 3. The zero-order valence-corrected chi connectivity index (χ0v) is 47.7. The van der Waals surface area contributed by atoms with Crippen molar-refractivity contribution in [2.24, 2.45) is 0 Å². The van der Waals surface area contributed by atoms with Crippen LogP contribution < -0.4 is 60.9 Å². The van der Waals surface area contributed by atoms with Crippen LogP contribution in [0.2, 0.25) is 0 Å². The average molecular weight is 1130 g/mol. The Morgan fingerprint density at radius 2 is 0.357 bits per heavy atom. The van der Waals surface area contributed by atoms with Gasteiger partial charge in [-0.25, -0.2) is 0 Å². The molecular weight excluding hydrogens is 1060 g/mol. The molecular formula is C75H64B2FeN6+3. The van der Waals surface area contributed by atoms with Gasteiger partial charge in [-0.15, -0.1) is 0 Å². The Labute approximate surface area is 504 Å². The predicted molar refractivity (Wildman–Crippen MR) is 359 cm³/mol. The number of hydrogen-bond donors (Lipinski definition) is 3. The fourth-order valence-corrected chi connectivity index (χ4v) is 11.6. The number of fused-ring (bicyclic) bond motifs is 3. The second-order valence-electron chi connectivity index (χ2n) is 20.3.